The van der Waals surface area contributed by atoms with Crippen molar-refractivity contribution < 1.29 is 0 Å². The van der Waals surface area contributed by atoms with E-state index >= 15 is 0 Å². The molecular weight excluding hydrogens is 210 g/mol. The van der Waals surface area contributed by atoms with Crippen LogP contribution >= 0.6 is 0 Å². The predicted octanol–water partition coefficient (Wildman–Crippen LogP) is 2.45. The lowest BCUT2D eigenvalue weighted by atomic mass is 9.96. The van der Waals surface area contributed by atoms with Crippen LogP contribution in [0, 0.1) is 20.8 Å². The smallest absolute Gasteiger partial charge is 0.149 e. The average Bonchev–Trinajstić information content (AvgIpc) is 2.34. The van der Waals surface area contributed by atoms with Gasteiger partial charge in [-0.3, -0.25) is 0 Å². The Hall–Kier alpha value is -1.74. The van der Waals surface area contributed by atoms with Gasteiger partial charge in [0.25, 0.3) is 0 Å². The van der Waals surface area contributed by atoms with Crippen molar-refractivity contribution in [3.8, 4) is 0 Å². The van der Waals surface area contributed by atoms with Gasteiger partial charge in [0, 0.05) is 12.4 Å². The van der Waals surface area contributed by atoms with E-state index in [1.54, 1.807) is 18.5 Å². The molecule has 0 spiro atoms. The molecule has 3 nitrogen and oxygen atoms in total. The van der Waals surface area contributed by atoms with Gasteiger partial charge in [0.05, 0.1) is 6.04 Å². The zero-order valence-corrected chi connectivity index (χ0v) is 10.4. The molecule has 1 aromatic carbocycles. The monoisotopic (exact) mass is 227 g/mol. The first-order valence-electron chi connectivity index (χ1n) is 5.70. The van der Waals surface area contributed by atoms with Crippen LogP contribution in [0.1, 0.15) is 34.1 Å². The average molecular weight is 227 g/mol. The third-order valence-corrected chi connectivity index (χ3v) is 3.08. The van der Waals surface area contributed by atoms with E-state index < -0.39 is 0 Å². The molecule has 3 heteroatoms. The Kier molecular flexibility index (Phi) is 3.20. The lowest BCUT2D eigenvalue weighted by molar-refractivity contribution is 0.773. The molecule has 88 valence electrons. The Morgan fingerprint density at radius 1 is 0.941 bits per heavy atom. The molecule has 0 saturated heterocycles. The maximum atomic E-state index is 6.21. The molecule has 0 radical (unpaired) electrons. The molecule has 0 fully saturated rings. The van der Waals surface area contributed by atoms with E-state index in [1.807, 2.05) is 0 Å². The fourth-order valence-corrected chi connectivity index (χ4v) is 1.93. The standard InChI is InChI=1S/C14H17N3/c1-9-7-11(3)12(8-10(9)2)13(15)14-16-5-4-6-17-14/h4-8,13H,15H2,1-3H3. The highest BCUT2D eigenvalue weighted by Crippen LogP contribution is 2.23. The second kappa shape index (κ2) is 4.63. The summed E-state index contributed by atoms with van der Waals surface area (Å²) in [6.07, 6.45) is 3.44. The van der Waals surface area contributed by atoms with Crippen molar-refractivity contribution in [1.29, 1.82) is 0 Å². The first kappa shape index (κ1) is 11.7. The number of nitrogens with zero attached hydrogens (tertiary/aromatic N) is 2. The summed E-state index contributed by atoms with van der Waals surface area (Å²) in [7, 11) is 0. The summed E-state index contributed by atoms with van der Waals surface area (Å²) in [5.41, 5.74) is 11.0. The molecule has 1 heterocycles. The van der Waals surface area contributed by atoms with Crippen LogP contribution in [0.3, 0.4) is 0 Å². The van der Waals surface area contributed by atoms with Gasteiger partial charge >= 0.3 is 0 Å². The number of benzene rings is 1. The molecule has 0 aliphatic rings. The minimum absolute atomic E-state index is 0.254. The second-order valence-corrected chi connectivity index (χ2v) is 4.38. The SMILES string of the molecule is Cc1cc(C)c(C(N)c2ncccn2)cc1C. The maximum absolute atomic E-state index is 6.21. The van der Waals surface area contributed by atoms with Crippen LogP contribution in [0.4, 0.5) is 0 Å². The molecule has 1 unspecified atom stereocenters. The first-order valence-corrected chi connectivity index (χ1v) is 5.70. The van der Waals surface area contributed by atoms with Crippen molar-refractivity contribution in [1.82, 2.24) is 9.97 Å². The van der Waals surface area contributed by atoms with Crippen LogP contribution in [0.2, 0.25) is 0 Å². The highest BCUT2D eigenvalue weighted by molar-refractivity contribution is 5.40. The summed E-state index contributed by atoms with van der Waals surface area (Å²) in [4.78, 5) is 8.42. The van der Waals surface area contributed by atoms with Gasteiger partial charge in [-0.25, -0.2) is 9.97 Å². The lowest BCUT2D eigenvalue weighted by Crippen LogP contribution is -2.16. The molecule has 0 saturated carbocycles. The number of nitrogens with two attached hydrogens (primary N) is 1. The van der Waals surface area contributed by atoms with Gasteiger partial charge in [-0.2, -0.15) is 0 Å². The fraction of sp³-hybridized carbons (Fsp3) is 0.286. The molecule has 1 atom stereocenters. The van der Waals surface area contributed by atoms with Gasteiger partial charge in [-0.1, -0.05) is 12.1 Å². The van der Waals surface area contributed by atoms with Crippen LogP contribution in [0.5, 0.6) is 0 Å². The summed E-state index contributed by atoms with van der Waals surface area (Å²) in [6.45, 7) is 6.28. The van der Waals surface area contributed by atoms with Crippen molar-refractivity contribution in [2.45, 2.75) is 26.8 Å². The third kappa shape index (κ3) is 2.34. The van der Waals surface area contributed by atoms with Gasteiger partial charge in [-0.15, -0.1) is 0 Å². The molecule has 2 aromatic rings. The molecule has 2 rings (SSSR count). The number of rotatable bonds is 2. The molecule has 17 heavy (non-hydrogen) atoms. The molecule has 2 N–H and O–H groups in total. The molecule has 0 amide bonds. The number of aromatic nitrogens is 2. The van der Waals surface area contributed by atoms with Crippen molar-refractivity contribution >= 4 is 0 Å². The molecule has 0 bridgehead atoms. The van der Waals surface area contributed by atoms with Crippen molar-refractivity contribution in [2.24, 2.45) is 5.73 Å². The number of hydrogen-bond acceptors (Lipinski definition) is 3. The first-order chi connectivity index (χ1) is 8.09. The molecule has 0 aliphatic carbocycles. The second-order valence-electron chi connectivity index (χ2n) is 4.38. The van der Waals surface area contributed by atoms with Crippen LogP contribution in [0.15, 0.2) is 30.6 Å². The van der Waals surface area contributed by atoms with Crippen molar-refractivity contribution in [3.05, 3.63) is 58.7 Å². The van der Waals surface area contributed by atoms with E-state index in [9.17, 15) is 0 Å². The van der Waals surface area contributed by atoms with Gasteiger partial charge in [0.15, 0.2) is 0 Å². The van der Waals surface area contributed by atoms with Crippen LogP contribution in [0.25, 0.3) is 0 Å². The minimum atomic E-state index is -0.254. The third-order valence-electron chi connectivity index (χ3n) is 3.08. The van der Waals surface area contributed by atoms with Crippen LogP contribution in [-0.2, 0) is 0 Å². The Bertz CT molecular complexity index is 520. The summed E-state index contributed by atoms with van der Waals surface area (Å²) >= 11 is 0. The maximum Gasteiger partial charge on any atom is 0.149 e. The Morgan fingerprint density at radius 2 is 1.53 bits per heavy atom. The lowest BCUT2D eigenvalue weighted by Gasteiger charge is -2.15. The normalized spacial score (nSPS) is 12.5. The Labute approximate surface area is 102 Å². The summed E-state index contributed by atoms with van der Waals surface area (Å²) in [6, 6.07) is 5.83. The zero-order chi connectivity index (χ0) is 12.4. The minimum Gasteiger partial charge on any atom is -0.318 e. The van der Waals surface area contributed by atoms with E-state index in [0.29, 0.717) is 5.82 Å². The topological polar surface area (TPSA) is 51.8 Å². The van der Waals surface area contributed by atoms with E-state index in [4.69, 9.17) is 5.73 Å². The largest absolute Gasteiger partial charge is 0.318 e. The van der Waals surface area contributed by atoms with Gasteiger partial charge in [-0.05, 0) is 49.1 Å². The van der Waals surface area contributed by atoms with Gasteiger partial charge < -0.3 is 5.73 Å². The highest BCUT2D eigenvalue weighted by Gasteiger charge is 2.14. The summed E-state index contributed by atoms with van der Waals surface area (Å²) < 4.78 is 0. The molecular formula is C14H17N3. The van der Waals surface area contributed by atoms with Crippen LogP contribution < -0.4 is 5.73 Å². The number of aryl methyl sites for hydroxylation is 3. The Morgan fingerprint density at radius 3 is 2.18 bits per heavy atom. The van der Waals surface area contributed by atoms with Crippen molar-refractivity contribution in [3.63, 3.8) is 0 Å². The van der Waals surface area contributed by atoms with Crippen LogP contribution in [-0.4, -0.2) is 9.97 Å². The molecule has 1 aromatic heterocycles. The molecule has 0 aliphatic heterocycles. The van der Waals surface area contributed by atoms with E-state index in [-0.39, 0.29) is 6.04 Å². The number of hydrogen-bond donors (Lipinski definition) is 1. The van der Waals surface area contributed by atoms with Gasteiger partial charge in [0.2, 0.25) is 0 Å². The quantitative estimate of drug-likeness (QED) is 0.857. The van der Waals surface area contributed by atoms with Crippen molar-refractivity contribution in [2.75, 3.05) is 0 Å². The zero-order valence-electron chi connectivity index (χ0n) is 10.4. The summed E-state index contributed by atoms with van der Waals surface area (Å²) in [5.74, 6) is 0.666. The Balaban J connectivity index is 2.44. The predicted molar refractivity (Wildman–Crippen MR) is 68.7 cm³/mol. The van der Waals surface area contributed by atoms with Gasteiger partial charge in [0.1, 0.15) is 5.82 Å². The van der Waals surface area contributed by atoms with E-state index in [0.717, 1.165) is 5.56 Å². The van der Waals surface area contributed by atoms with E-state index in [2.05, 4.69) is 42.9 Å². The fourth-order valence-electron chi connectivity index (χ4n) is 1.93. The van der Waals surface area contributed by atoms with E-state index in [1.165, 1.54) is 16.7 Å². The highest BCUT2D eigenvalue weighted by atomic mass is 14.9. The summed E-state index contributed by atoms with van der Waals surface area (Å²) in [5, 5.41) is 0.